The molecule has 2 heteroatoms. The zero-order valence-electron chi connectivity index (χ0n) is 10.0. The first-order valence-electron chi connectivity index (χ1n) is 5.93. The third kappa shape index (κ3) is 2.11. The molecule has 0 aromatic heterocycles. The quantitative estimate of drug-likeness (QED) is 0.563. The van der Waals surface area contributed by atoms with Gasteiger partial charge in [-0.2, -0.15) is 0 Å². The first-order valence-corrected chi connectivity index (χ1v) is 5.93. The Hall–Kier alpha value is -1.31. The maximum absolute atomic E-state index is 11.5. The van der Waals surface area contributed by atoms with E-state index in [4.69, 9.17) is 4.74 Å². The van der Waals surface area contributed by atoms with Crippen LogP contribution in [0.5, 0.6) is 5.75 Å². The fourth-order valence-electron chi connectivity index (χ4n) is 2.38. The third-order valence-corrected chi connectivity index (χ3v) is 3.29. The summed E-state index contributed by atoms with van der Waals surface area (Å²) in [6.45, 7) is 1.60. The van der Waals surface area contributed by atoms with Crippen molar-refractivity contribution >= 4 is 5.78 Å². The van der Waals surface area contributed by atoms with Gasteiger partial charge < -0.3 is 4.74 Å². The van der Waals surface area contributed by atoms with Crippen LogP contribution in [-0.2, 0) is 12.8 Å². The van der Waals surface area contributed by atoms with Crippen molar-refractivity contribution in [1.82, 2.24) is 0 Å². The minimum Gasteiger partial charge on any atom is -0.496 e. The minimum atomic E-state index is 0.0869. The first-order chi connectivity index (χ1) is 7.72. The van der Waals surface area contributed by atoms with E-state index in [-0.39, 0.29) is 5.78 Å². The summed E-state index contributed by atoms with van der Waals surface area (Å²) in [5, 5.41) is 0. The fraction of sp³-hybridized carbons (Fsp3) is 0.500. The molecule has 0 atom stereocenters. The van der Waals surface area contributed by atoms with Gasteiger partial charge in [-0.15, -0.1) is 0 Å². The molecule has 86 valence electrons. The summed E-state index contributed by atoms with van der Waals surface area (Å²) in [6, 6.07) is 4.08. The lowest BCUT2D eigenvalue weighted by molar-refractivity contribution is 0.101. The second-order valence-corrected chi connectivity index (χ2v) is 4.44. The Morgan fingerprint density at radius 3 is 2.31 bits per heavy atom. The van der Waals surface area contributed by atoms with Crippen LogP contribution >= 0.6 is 0 Å². The second kappa shape index (κ2) is 4.69. The Morgan fingerprint density at radius 2 is 1.75 bits per heavy atom. The van der Waals surface area contributed by atoms with E-state index >= 15 is 0 Å². The van der Waals surface area contributed by atoms with Gasteiger partial charge in [-0.25, -0.2) is 0 Å². The standard InChI is InChI=1S/C14H18O2/c1-10(15)13-8-11-6-4-3-5-7-12(11)9-14(13)16-2/h8-9H,3-7H2,1-2H3. The van der Waals surface area contributed by atoms with Crippen LogP contribution in [0.15, 0.2) is 12.1 Å². The normalized spacial score (nSPS) is 15.1. The summed E-state index contributed by atoms with van der Waals surface area (Å²) in [5.41, 5.74) is 3.42. The average Bonchev–Trinajstić information content (AvgIpc) is 2.51. The van der Waals surface area contributed by atoms with Crippen LogP contribution in [-0.4, -0.2) is 12.9 Å². The molecule has 0 radical (unpaired) electrons. The van der Waals surface area contributed by atoms with Crippen molar-refractivity contribution in [2.45, 2.75) is 39.0 Å². The maximum Gasteiger partial charge on any atom is 0.163 e. The maximum atomic E-state index is 11.5. The molecular weight excluding hydrogens is 200 g/mol. The number of hydrogen-bond acceptors (Lipinski definition) is 2. The van der Waals surface area contributed by atoms with Gasteiger partial charge in [-0.05, 0) is 55.9 Å². The van der Waals surface area contributed by atoms with Crippen LogP contribution in [0.1, 0.15) is 47.7 Å². The number of carbonyl (C=O) groups is 1. The smallest absolute Gasteiger partial charge is 0.163 e. The molecule has 16 heavy (non-hydrogen) atoms. The molecule has 0 aliphatic heterocycles. The zero-order valence-corrected chi connectivity index (χ0v) is 10.0. The lowest BCUT2D eigenvalue weighted by Gasteiger charge is -2.12. The Labute approximate surface area is 96.6 Å². The van der Waals surface area contributed by atoms with Crippen LogP contribution in [0.4, 0.5) is 0 Å². The lowest BCUT2D eigenvalue weighted by atomic mass is 9.97. The second-order valence-electron chi connectivity index (χ2n) is 4.44. The van der Waals surface area contributed by atoms with E-state index < -0.39 is 0 Å². The van der Waals surface area contributed by atoms with Crippen molar-refractivity contribution in [3.8, 4) is 5.75 Å². The highest BCUT2D eigenvalue weighted by Gasteiger charge is 2.15. The Morgan fingerprint density at radius 1 is 1.12 bits per heavy atom. The number of ketones is 1. The summed E-state index contributed by atoms with van der Waals surface area (Å²) in [6.07, 6.45) is 5.97. The van der Waals surface area contributed by atoms with Crippen LogP contribution in [0, 0.1) is 0 Å². The number of methoxy groups -OCH3 is 1. The van der Waals surface area contributed by atoms with Crippen molar-refractivity contribution in [3.63, 3.8) is 0 Å². The zero-order chi connectivity index (χ0) is 11.5. The number of carbonyl (C=O) groups excluding carboxylic acids is 1. The molecule has 2 nitrogen and oxygen atoms in total. The summed E-state index contributed by atoms with van der Waals surface area (Å²) in [7, 11) is 1.63. The van der Waals surface area contributed by atoms with Gasteiger partial charge in [0.1, 0.15) is 5.75 Å². The van der Waals surface area contributed by atoms with Crippen LogP contribution in [0.2, 0.25) is 0 Å². The molecule has 1 aliphatic rings. The van der Waals surface area contributed by atoms with Gasteiger partial charge in [0.15, 0.2) is 5.78 Å². The molecule has 2 rings (SSSR count). The highest BCUT2D eigenvalue weighted by atomic mass is 16.5. The van der Waals surface area contributed by atoms with Crippen molar-refractivity contribution in [3.05, 3.63) is 28.8 Å². The van der Waals surface area contributed by atoms with Crippen LogP contribution < -0.4 is 4.74 Å². The van der Waals surface area contributed by atoms with Crippen molar-refractivity contribution in [1.29, 1.82) is 0 Å². The van der Waals surface area contributed by atoms with Crippen molar-refractivity contribution < 1.29 is 9.53 Å². The number of benzene rings is 1. The van der Waals surface area contributed by atoms with Crippen LogP contribution in [0.25, 0.3) is 0 Å². The molecule has 0 N–H and O–H groups in total. The molecular formula is C14H18O2. The highest BCUT2D eigenvalue weighted by Crippen LogP contribution is 2.28. The summed E-state index contributed by atoms with van der Waals surface area (Å²) < 4.78 is 5.29. The van der Waals surface area contributed by atoms with Gasteiger partial charge in [0.25, 0.3) is 0 Å². The number of aryl methyl sites for hydroxylation is 2. The van der Waals surface area contributed by atoms with Gasteiger partial charge in [0, 0.05) is 0 Å². The Bertz CT molecular complexity index is 407. The van der Waals surface area contributed by atoms with Gasteiger partial charge in [0.05, 0.1) is 12.7 Å². The van der Waals surface area contributed by atoms with Gasteiger partial charge in [-0.1, -0.05) is 6.42 Å². The number of Topliss-reactive ketones (excluding diaryl/α,β-unsaturated/α-hetero) is 1. The van der Waals surface area contributed by atoms with E-state index in [0.29, 0.717) is 0 Å². The molecule has 0 unspecified atom stereocenters. The predicted molar refractivity (Wildman–Crippen MR) is 64.3 cm³/mol. The van der Waals surface area contributed by atoms with Crippen molar-refractivity contribution in [2.75, 3.05) is 7.11 Å². The van der Waals surface area contributed by atoms with E-state index in [1.807, 2.05) is 6.07 Å². The summed E-state index contributed by atoms with van der Waals surface area (Å²) >= 11 is 0. The third-order valence-electron chi connectivity index (χ3n) is 3.29. The van der Waals surface area contributed by atoms with Gasteiger partial charge in [0.2, 0.25) is 0 Å². The molecule has 0 saturated heterocycles. The fourth-order valence-corrected chi connectivity index (χ4v) is 2.38. The SMILES string of the molecule is COc1cc2c(cc1C(C)=O)CCCCC2. The minimum absolute atomic E-state index is 0.0869. The van der Waals surface area contributed by atoms with E-state index in [0.717, 1.165) is 24.2 Å². The highest BCUT2D eigenvalue weighted by molar-refractivity contribution is 5.97. The topological polar surface area (TPSA) is 26.3 Å². The number of rotatable bonds is 2. The summed E-state index contributed by atoms with van der Waals surface area (Å²) in [5.74, 6) is 0.817. The number of ether oxygens (including phenoxy) is 1. The molecule has 0 bridgehead atoms. The summed E-state index contributed by atoms with van der Waals surface area (Å²) in [4.78, 5) is 11.5. The molecule has 0 spiro atoms. The largest absolute Gasteiger partial charge is 0.496 e. The molecule has 0 saturated carbocycles. The first kappa shape index (κ1) is 11.2. The number of hydrogen-bond donors (Lipinski definition) is 0. The average molecular weight is 218 g/mol. The van der Waals surface area contributed by atoms with Gasteiger partial charge in [-0.3, -0.25) is 4.79 Å². The number of fused-ring (bicyclic) bond motifs is 1. The lowest BCUT2D eigenvalue weighted by Crippen LogP contribution is -2.02. The monoisotopic (exact) mass is 218 g/mol. The molecule has 1 aromatic rings. The van der Waals surface area contributed by atoms with Gasteiger partial charge >= 0.3 is 0 Å². The predicted octanol–water partition coefficient (Wildman–Crippen LogP) is 3.17. The Balaban J connectivity index is 2.48. The van der Waals surface area contributed by atoms with Crippen LogP contribution in [0.3, 0.4) is 0 Å². The Kier molecular flexibility index (Phi) is 3.28. The van der Waals surface area contributed by atoms with E-state index in [1.54, 1.807) is 14.0 Å². The molecule has 1 aromatic carbocycles. The van der Waals surface area contributed by atoms with E-state index in [2.05, 4.69) is 6.07 Å². The molecule has 0 fully saturated rings. The van der Waals surface area contributed by atoms with E-state index in [1.165, 1.54) is 30.4 Å². The molecule has 0 heterocycles. The van der Waals surface area contributed by atoms with E-state index in [9.17, 15) is 4.79 Å². The molecule has 1 aliphatic carbocycles. The molecule has 0 amide bonds. The van der Waals surface area contributed by atoms with Crippen molar-refractivity contribution in [2.24, 2.45) is 0 Å².